The van der Waals surface area contributed by atoms with Crippen molar-refractivity contribution in [2.45, 2.75) is 24.8 Å². The molecule has 0 fully saturated rings. The van der Waals surface area contributed by atoms with E-state index < -0.39 is 0 Å². The van der Waals surface area contributed by atoms with E-state index in [2.05, 4.69) is 0 Å². The Balaban J connectivity index is 1.85. The number of nitrogens with zero attached hydrogens (tertiary/aromatic N) is 1. The fourth-order valence-corrected chi connectivity index (χ4v) is 2.73. The minimum Gasteiger partial charge on any atom is -0.460 e. The molecule has 0 amide bonds. The van der Waals surface area contributed by atoms with Gasteiger partial charge in [0.15, 0.2) is 0 Å². The van der Waals surface area contributed by atoms with Crippen LogP contribution in [0.2, 0.25) is 0 Å². The molecule has 1 aromatic heterocycles. The van der Waals surface area contributed by atoms with E-state index in [0.717, 1.165) is 5.75 Å². The normalized spacial score (nSPS) is 10.8. The van der Waals surface area contributed by atoms with Gasteiger partial charge in [0, 0.05) is 22.9 Å². The number of ether oxygens (including phenoxy) is 1. The van der Waals surface area contributed by atoms with Gasteiger partial charge in [-0.25, -0.2) is 4.79 Å². The quantitative estimate of drug-likeness (QED) is 0.503. The molecule has 2 aromatic rings. The summed E-state index contributed by atoms with van der Waals surface area (Å²) in [7, 11) is 0. The van der Waals surface area contributed by atoms with Crippen LogP contribution in [0.25, 0.3) is 0 Å². The second-order valence-electron chi connectivity index (χ2n) is 4.96. The molecule has 0 atom stereocenters. The van der Waals surface area contributed by atoms with Crippen LogP contribution in [0.15, 0.2) is 47.5 Å². The maximum absolute atomic E-state index is 12.1. The van der Waals surface area contributed by atoms with Gasteiger partial charge in [0.25, 0.3) is 0 Å². The molecule has 112 valence electrons. The number of rotatable bonds is 6. The average Bonchev–Trinajstić information content (AvgIpc) is 2.87. The largest absolute Gasteiger partial charge is 0.460 e. The highest BCUT2D eigenvalue weighted by atomic mass is 32.2. The number of nitrogens with two attached hydrogens (primary N) is 1. The number of benzene rings is 1. The second kappa shape index (κ2) is 7.22. The summed E-state index contributed by atoms with van der Waals surface area (Å²) in [4.78, 5) is 13.3. The van der Waals surface area contributed by atoms with E-state index in [-0.39, 0.29) is 12.0 Å². The van der Waals surface area contributed by atoms with Crippen molar-refractivity contribution in [1.29, 1.82) is 0 Å². The standard InChI is InChI=1S/C16H20N2O2S/c1-12(2)18-11-13(17)10-15(18)16(19)20-8-9-21-14-6-4-3-5-7-14/h3-7,10-12H,8-9,17H2,1-2H3. The van der Waals surface area contributed by atoms with Gasteiger partial charge in [-0.15, -0.1) is 11.8 Å². The summed E-state index contributed by atoms with van der Waals surface area (Å²) >= 11 is 1.66. The van der Waals surface area contributed by atoms with Gasteiger partial charge in [-0.1, -0.05) is 18.2 Å². The first-order valence-corrected chi connectivity index (χ1v) is 7.89. The predicted octanol–water partition coefficient (Wildman–Crippen LogP) is 3.60. The number of aromatic nitrogens is 1. The van der Waals surface area contributed by atoms with Crippen LogP contribution >= 0.6 is 11.8 Å². The minimum atomic E-state index is -0.325. The van der Waals surface area contributed by atoms with E-state index in [1.165, 1.54) is 4.90 Å². The zero-order valence-corrected chi connectivity index (χ0v) is 13.1. The molecule has 4 nitrogen and oxygen atoms in total. The Bertz CT molecular complexity index is 594. The van der Waals surface area contributed by atoms with Gasteiger partial charge in [-0.2, -0.15) is 0 Å². The molecule has 5 heteroatoms. The van der Waals surface area contributed by atoms with Gasteiger partial charge in [-0.05, 0) is 32.0 Å². The Labute approximate surface area is 129 Å². The molecule has 0 unspecified atom stereocenters. The van der Waals surface area contributed by atoms with Gasteiger partial charge in [0.2, 0.25) is 0 Å². The van der Waals surface area contributed by atoms with E-state index in [1.807, 2.05) is 48.7 Å². The monoisotopic (exact) mass is 304 g/mol. The van der Waals surface area contributed by atoms with Crippen LogP contribution < -0.4 is 5.73 Å². The third-order valence-electron chi connectivity index (χ3n) is 2.96. The van der Waals surface area contributed by atoms with Crippen molar-refractivity contribution in [3.63, 3.8) is 0 Å². The zero-order valence-electron chi connectivity index (χ0n) is 12.3. The number of carbonyl (C=O) groups is 1. The predicted molar refractivity (Wildman–Crippen MR) is 86.7 cm³/mol. The number of carbonyl (C=O) groups excluding carboxylic acids is 1. The minimum absolute atomic E-state index is 0.170. The number of hydrogen-bond acceptors (Lipinski definition) is 4. The first-order chi connectivity index (χ1) is 10.1. The fraction of sp³-hybridized carbons (Fsp3) is 0.312. The average molecular weight is 304 g/mol. The highest BCUT2D eigenvalue weighted by Gasteiger charge is 2.15. The molecule has 0 saturated heterocycles. The van der Waals surface area contributed by atoms with Crippen LogP contribution in [-0.2, 0) is 4.74 Å². The van der Waals surface area contributed by atoms with Gasteiger partial charge < -0.3 is 15.0 Å². The van der Waals surface area contributed by atoms with E-state index in [9.17, 15) is 4.79 Å². The van der Waals surface area contributed by atoms with Gasteiger partial charge in [0.05, 0.1) is 5.69 Å². The molecule has 2 rings (SSSR count). The summed E-state index contributed by atoms with van der Waals surface area (Å²) in [6.07, 6.45) is 1.76. The second-order valence-corrected chi connectivity index (χ2v) is 6.13. The lowest BCUT2D eigenvalue weighted by molar-refractivity contribution is 0.0516. The van der Waals surface area contributed by atoms with E-state index in [4.69, 9.17) is 10.5 Å². The summed E-state index contributed by atoms with van der Waals surface area (Å²) < 4.78 is 7.15. The van der Waals surface area contributed by atoms with Gasteiger partial charge in [0.1, 0.15) is 12.3 Å². The zero-order chi connectivity index (χ0) is 15.2. The van der Waals surface area contributed by atoms with Gasteiger partial charge >= 0.3 is 5.97 Å². The Morgan fingerprint density at radius 3 is 2.71 bits per heavy atom. The maximum Gasteiger partial charge on any atom is 0.355 e. The third-order valence-corrected chi connectivity index (χ3v) is 3.94. The summed E-state index contributed by atoms with van der Waals surface area (Å²) in [6.45, 7) is 4.38. The van der Waals surface area contributed by atoms with Crippen molar-refractivity contribution in [2.75, 3.05) is 18.1 Å². The van der Waals surface area contributed by atoms with Crippen molar-refractivity contribution in [3.05, 3.63) is 48.3 Å². The van der Waals surface area contributed by atoms with E-state index in [1.54, 1.807) is 24.0 Å². The molecular formula is C16H20N2O2S. The van der Waals surface area contributed by atoms with E-state index >= 15 is 0 Å². The smallest absolute Gasteiger partial charge is 0.355 e. The molecule has 0 bridgehead atoms. The lowest BCUT2D eigenvalue weighted by Crippen LogP contribution is -2.14. The summed E-state index contributed by atoms with van der Waals surface area (Å²) in [5.74, 6) is 0.405. The first-order valence-electron chi connectivity index (χ1n) is 6.90. The Morgan fingerprint density at radius 2 is 2.05 bits per heavy atom. The molecule has 1 aromatic carbocycles. The van der Waals surface area contributed by atoms with E-state index in [0.29, 0.717) is 18.0 Å². The number of thioether (sulfide) groups is 1. The first kappa shape index (κ1) is 15.5. The summed E-state index contributed by atoms with van der Waals surface area (Å²) in [5.41, 5.74) is 6.84. The maximum atomic E-state index is 12.1. The van der Waals surface area contributed by atoms with Crippen molar-refractivity contribution < 1.29 is 9.53 Å². The lowest BCUT2D eigenvalue weighted by Gasteiger charge is -2.12. The van der Waals surface area contributed by atoms with Crippen LogP contribution in [0.1, 0.15) is 30.4 Å². The Hall–Kier alpha value is -1.88. The van der Waals surface area contributed by atoms with Crippen LogP contribution in [0.5, 0.6) is 0 Å². The molecule has 0 spiro atoms. The fourth-order valence-electron chi connectivity index (χ4n) is 1.98. The van der Waals surface area contributed by atoms with Crippen molar-refractivity contribution in [3.8, 4) is 0 Å². The number of anilines is 1. The highest BCUT2D eigenvalue weighted by Crippen LogP contribution is 2.19. The van der Waals surface area contributed by atoms with Crippen molar-refractivity contribution in [1.82, 2.24) is 4.57 Å². The molecule has 0 radical (unpaired) electrons. The molecule has 2 N–H and O–H groups in total. The Morgan fingerprint density at radius 1 is 1.33 bits per heavy atom. The number of esters is 1. The summed E-state index contributed by atoms with van der Waals surface area (Å²) in [5, 5.41) is 0. The SMILES string of the molecule is CC(C)n1cc(N)cc1C(=O)OCCSc1ccccc1. The van der Waals surface area contributed by atoms with Crippen molar-refractivity contribution >= 4 is 23.4 Å². The van der Waals surface area contributed by atoms with Gasteiger partial charge in [-0.3, -0.25) is 0 Å². The molecule has 0 saturated carbocycles. The van der Waals surface area contributed by atoms with Crippen LogP contribution in [0.3, 0.4) is 0 Å². The molecule has 1 heterocycles. The van der Waals surface area contributed by atoms with Crippen LogP contribution in [-0.4, -0.2) is 22.9 Å². The molecule has 0 aliphatic rings. The van der Waals surface area contributed by atoms with Crippen LogP contribution in [0, 0.1) is 0 Å². The number of nitrogen functional groups attached to an aromatic ring is 1. The molecule has 0 aliphatic heterocycles. The molecule has 0 aliphatic carbocycles. The summed E-state index contributed by atoms with van der Waals surface area (Å²) in [6, 6.07) is 11.9. The molecular weight excluding hydrogens is 284 g/mol. The lowest BCUT2D eigenvalue weighted by atomic mass is 10.3. The molecule has 21 heavy (non-hydrogen) atoms. The Kier molecular flexibility index (Phi) is 5.33. The topological polar surface area (TPSA) is 57.2 Å². The van der Waals surface area contributed by atoms with Crippen molar-refractivity contribution in [2.24, 2.45) is 0 Å². The highest BCUT2D eigenvalue weighted by molar-refractivity contribution is 7.99. The number of hydrogen-bond donors (Lipinski definition) is 1. The third kappa shape index (κ3) is 4.29. The van der Waals surface area contributed by atoms with Crippen LogP contribution in [0.4, 0.5) is 5.69 Å².